The lowest BCUT2D eigenvalue weighted by molar-refractivity contribution is 0.580. The molecule has 2 aromatic carbocycles. The van der Waals surface area contributed by atoms with Crippen LogP contribution in [-0.4, -0.2) is 15.0 Å². The number of hydrogen-bond donors (Lipinski definition) is 1. The molecule has 23 heavy (non-hydrogen) atoms. The second-order valence-corrected chi connectivity index (χ2v) is 8.33. The average molecular weight is 396 g/mol. The van der Waals surface area contributed by atoms with E-state index >= 15 is 0 Å². The quantitative estimate of drug-likeness (QED) is 0.798. The van der Waals surface area contributed by atoms with Crippen LogP contribution >= 0.6 is 15.9 Å². The van der Waals surface area contributed by atoms with Gasteiger partial charge >= 0.3 is 0 Å². The standard InChI is InChI=1S/C18H22BrNO2S/c1-4-15-12-17(19)7-8-18(15)23(21,22)20-10-9-16-6-5-13(2)11-14(16)3/h5-8,11-12,20H,4,9-10H2,1-3H3. The fraction of sp³-hybridized carbons (Fsp3) is 0.333. The van der Waals surface area contributed by atoms with E-state index in [1.807, 2.05) is 13.0 Å². The normalized spacial score (nSPS) is 11.7. The molecule has 1 N–H and O–H groups in total. The molecular weight excluding hydrogens is 374 g/mol. The maximum absolute atomic E-state index is 12.5. The van der Waals surface area contributed by atoms with E-state index in [2.05, 4.69) is 52.7 Å². The zero-order chi connectivity index (χ0) is 17.0. The van der Waals surface area contributed by atoms with E-state index in [4.69, 9.17) is 0 Å². The molecule has 0 atom stereocenters. The summed E-state index contributed by atoms with van der Waals surface area (Å²) in [6.07, 6.45) is 1.36. The highest BCUT2D eigenvalue weighted by Crippen LogP contribution is 2.21. The van der Waals surface area contributed by atoms with Crippen LogP contribution in [-0.2, 0) is 22.9 Å². The van der Waals surface area contributed by atoms with Gasteiger partial charge in [-0.3, -0.25) is 0 Å². The van der Waals surface area contributed by atoms with E-state index in [1.165, 1.54) is 16.7 Å². The zero-order valence-electron chi connectivity index (χ0n) is 13.7. The molecule has 2 rings (SSSR count). The molecule has 0 saturated carbocycles. The third kappa shape index (κ3) is 4.66. The van der Waals surface area contributed by atoms with Gasteiger partial charge in [-0.25, -0.2) is 13.1 Å². The molecule has 0 bridgehead atoms. The van der Waals surface area contributed by atoms with Crippen molar-refractivity contribution < 1.29 is 8.42 Å². The van der Waals surface area contributed by atoms with Crippen molar-refractivity contribution in [2.24, 2.45) is 0 Å². The highest BCUT2D eigenvalue weighted by atomic mass is 79.9. The summed E-state index contributed by atoms with van der Waals surface area (Å²) in [5, 5.41) is 0. The van der Waals surface area contributed by atoms with Crippen molar-refractivity contribution >= 4 is 26.0 Å². The van der Waals surface area contributed by atoms with Crippen molar-refractivity contribution in [3.8, 4) is 0 Å². The van der Waals surface area contributed by atoms with Crippen molar-refractivity contribution in [3.63, 3.8) is 0 Å². The van der Waals surface area contributed by atoms with Gasteiger partial charge in [0.05, 0.1) is 4.90 Å². The van der Waals surface area contributed by atoms with Crippen LogP contribution in [0.15, 0.2) is 45.8 Å². The molecule has 0 saturated heterocycles. The summed E-state index contributed by atoms with van der Waals surface area (Å²) in [5.74, 6) is 0. The monoisotopic (exact) mass is 395 g/mol. The van der Waals surface area contributed by atoms with Crippen LogP contribution in [0.3, 0.4) is 0 Å². The number of hydrogen-bond acceptors (Lipinski definition) is 2. The summed E-state index contributed by atoms with van der Waals surface area (Å²) < 4.78 is 28.7. The fourth-order valence-corrected chi connectivity index (χ4v) is 4.34. The number of sulfonamides is 1. The average Bonchev–Trinajstić information content (AvgIpc) is 2.49. The van der Waals surface area contributed by atoms with Crippen LogP contribution in [0.5, 0.6) is 0 Å². The van der Waals surface area contributed by atoms with E-state index < -0.39 is 10.0 Å². The Hall–Kier alpha value is -1.17. The summed E-state index contributed by atoms with van der Waals surface area (Å²) in [6.45, 7) is 6.46. The summed E-state index contributed by atoms with van der Waals surface area (Å²) in [6, 6.07) is 11.5. The van der Waals surface area contributed by atoms with Gasteiger partial charge in [0.25, 0.3) is 0 Å². The van der Waals surface area contributed by atoms with Gasteiger partial charge in [0, 0.05) is 11.0 Å². The lowest BCUT2D eigenvalue weighted by Gasteiger charge is -2.12. The Kier molecular flexibility index (Phi) is 6.00. The third-order valence-electron chi connectivity index (χ3n) is 3.88. The second kappa shape index (κ2) is 7.60. The van der Waals surface area contributed by atoms with Gasteiger partial charge in [0.2, 0.25) is 10.0 Å². The topological polar surface area (TPSA) is 46.2 Å². The lowest BCUT2D eigenvalue weighted by Crippen LogP contribution is -2.27. The minimum absolute atomic E-state index is 0.365. The van der Waals surface area contributed by atoms with Crippen molar-refractivity contribution in [2.75, 3.05) is 6.54 Å². The minimum Gasteiger partial charge on any atom is -0.211 e. The maximum atomic E-state index is 12.5. The lowest BCUT2D eigenvalue weighted by atomic mass is 10.0. The van der Waals surface area contributed by atoms with E-state index in [1.54, 1.807) is 12.1 Å². The highest BCUT2D eigenvalue weighted by molar-refractivity contribution is 9.10. The third-order valence-corrected chi connectivity index (χ3v) is 5.93. The number of benzene rings is 2. The Bertz CT molecular complexity index is 801. The summed E-state index contributed by atoms with van der Waals surface area (Å²) in [5.41, 5.74) is 4.40. The SMILES string of the molecule is CCc1cc(Br)ccc1S(=O)(=O)NCCc1ccc(C)cc1C. The Morgan fingerprint density at radius 3 is 2.43 bits per heavy atom. The first-order valence-corrected chi connectivity index (χ1v) is 9.95. The molecule has 0 spiro atoms. The van der Waals surface area contributed by atoms with Crippen LogP contribution in [0, 0.1) is 13.8 Å². The Morgan fingerprint density at radius 2 is 1.78 bits per heavy atom. The van der Waals surface area contributed by atoms with Gasteiger partial charge in [-0.2, -0.15) is 0 Å². The molecule has 3 nitrogen and oxygen atoms in total. The Balaban J connectivity index is 2.10. The first-order valence-electron chi connectivity index (χ1n) is 7.67. The van der Waals surface area contributed by atoms with Crippen LogP contribution in [0.4, 0.5) is 0 Å². The van der Waals surface area contributed by atoms with Gasteiger partial charge in [-0.05, 0) is 61.6 Å². The second-order valence-electron chi connectivity index (χ2n) is 5.68. The smallest absolute Gasteiger partial charge is 0.211 e. The summed E-state index contributed by atoms with van der Waals surface area (Å²) >= 11 is 3.39. The van der Waals surface area contributed by atoms with E-state index in [9.17, 15) is 8.42 Å². The van der Waals surface area contributed by atoms with E-state index in [-0.39, 0.29) is 0 Å². The predicted molar refractivity (Wildman–Crippen MR) is 98.3 cm³/mol. The molecule has 0 radical (unpaired) electrons. The maximum Gasteiger partial charge on any atom is 0.240 e. The first kappa shape index (κ1) is 18.2. The van der Waals surface area contributed by atoms with Crippen molar-refractivity contribution in [1.82, 2.24) is 4.72 Å². The van der Waals surface area contributed by atoms with Crippen LogP contribution in [0.1, 0.15) is 29.2 Å². The van der Waals surface area contributed by atoms with Crippen molar-refractivity contribution in [1.29, 1.82) is 0 Å². The molecule has 0 aliphatic heterocycles. The molecule has 0 unspecified atom stereocenters. The summed E-state index contributed by atoms with van der Waals surface area (Å²) in [4.78, 5) is 0.365. The van der Waals surface area contributed by atoms with Crippen LogP contribution in [0.2, 0.25) is 0 Å². The van der Waals surface area contributed by atoms with Crippen molar-refractivity contribution in [2.45, 2.75) is 38.5 Å². The van der Waals surface area contributed by atoms with Crippen LogP contribution < -0.4 is 4.72 Å². The Morgan fingerprint density at radius 1 is 1.04 bits per heavy atom. The molecule has 124 valence electrons. The van der Waals surface area contributed by atoms with E-state index in [0.717, 1.165) is 10.0 Å². The van der Waals surface area contributed by atoms with E-state index in [0.29, 0.717) is 24.3 Å². The van der Waals surface area contributed by atoms with Crippen molar-refractivity contribution in [3.05, 3.63) is 63.1 Å². The van der Waals surface area contributed by atoms with Gasteiger partial charge in [0.1, 0.15) is 0 Å². The molecule has 0 amide bonds. The fourth-order valence-electron chi connectivity index (χ4n) is 2.61. The number of aryl methyl sites for hydroxylation is 3. The number of rotatable bonds is 6. The highest BCUT2D eigenvalue weighted by Gasteiger charge is 2.17. The molecule has 5 heteroatoms. The zero-order valence-corrected chi connectivity index (χ0v) is 16.1. The molecule has 0 aliphatic rings. The molecule has 0 aliphatic carbocycles. The first-order chi connectivity index (χ1) is 10.8. The predicted octanol–water partition coefficient (Wildman–Crippen LogP) is 4.15. The van der Waals surface area contributed by atoms with Gasteiger partial charge in [0.15, 0.2) is 0 Å². The molecule has 0 heterocycles. The minimum atomic E-state index is -3.48. The van der Waals surface area contributed by atoms with Gasteiger partial charge in [-0.15, -0.1) is 0 Å². The molecule has 0 aromatic heterocycles. The molecular formula is C18H22BrNO2S. The van der Waals surface area contributed by atoms with Gasteiger partial charge in [-0.1, -0.05) is 46.6 Å². The number of halogens is 1. The molecule has 0 fully saturated rings. The summed E-state index contributed by atoms with van der Waals surface area (Å²) in [7, 11) is -3.48. The van der Waals surface area contributed by atoms with Crippen LogP contribution in [0.25, 0.3) is 0 Å². The number of nitrogens with one attached hydrogen (secondary N) is 1. The van der Waals surface area contributed by atoms with Gasteiger partial charge < -0.3 is 0 Å². The molecule has 2 aromatic rings. The Labute approximate surface area is 147 Å². The largest absolute Gasteiger partial charge is 0.240 e.